The Hall–Kier alpha value is -1.37. The van der Waals surface area contributed by atoms with Gasteiger partial charge in [-0.25, -0.2) is 4.68 Å². The molecule has 0 atom stereocenters. The average molecular weight is 428 g/mol. The summed E-state index contributed by atoms with van der Waals surface area (Å²) >= 11 is 3.50. The van der Waals surface area contributed by atoms with Crippen molar-refractivity contribution in [1.29, 1.82) is 0 Å². The van der Waals surface area contributed by atoms with Gasteiger partial charge >= 0.3 is 0 Å². The number of nitrogens with zero attached hydrogens (tertiary/aromatic N) is 2. The van der Waals surface area contributed by atoms with Crippen LogP contribution in [0.5, 0.6) is 0 Å². The molecule has 1 amide bonds. The largest absolute Gasteiger partial charge is 0.349 e. The van der Waals surface area contributed by atoms with E-state index in [1.165, 1.54) is 5.69 Å². The minimum Gasteiger partial charge on any atom is -0.349 e. The molecule has 2 aromatic rings. The monoisotopic (exact) mass is 426 g/mol. The number of fused-ring (bicyclic) bond motifs is 1. The number of carbonyl (C=O) groups is 1. The van der Waals surface area contributed by atoms with Gasteiger partial charge in [-0.1, -0.05) is 28.9 Å². The molecule has 1 aromatic heterocycles. The van der Waals surface area contributed by atoms with Crippen molar-refractivity contribution in [3.8, 4) is 5.69 Å². The summed E-state index contributed by atoms with van der Waals surface area (Å²) in [6.45, 7) is 4.51. The molecule has 5 nitrogen and oxygen atoms in total. The fourth-order valence-corrected chi connectivity index (χ4v) is 3.48. The molecule has 0 saturated heterocycles. The van der Waals surface area contributed by atoms with Crippen LogP contribution in [0.15, 0.2) is 28.7 Å². The fourth-order valence-electron chi connectivity index (χ4n) is 3.09. The number of hydrogen-bond donors (Lipinski definition) is 2. The predicted octanol–water partition coefficient (Wildman–Crippen LogP) is 3.27. The fraction of sp³-hybridized carbons (Fsp3) is 0.444. The maximum absolute atomic E-state index is 12.5. The highest BCUT2D eigenvalue weighted by Crippen LogP contribution is 2.28. The van der Waals surface area contributed by atoms with E-state index in [4.69, 9.17) is 0 Å². The van der Waals surface area contributed by atoms with Crippen LogP contribution in [0.3, 0.4) is 0 Å². The van der Waals surface area contributed by atoms with Gasteiger partial charge in [0, 0.05) is 28.8 Å². The Morgan fingerprint density at radius 3 is 2.88 bits per heavy atom. The SMILES string of the molecule is CCCNCCNC(=O)c1nn(-c2cccc(Br)c2)c2c1CCC2.Cl. The van der Waals surface area contributed by atoms with E-state index in [2.05, 4.69) is 38.6 Å². The second-order valence-corrected chi connectivity index (χ2v) is 6.94. The highest BCUT2D eigenvalue weighted by Gasteiger charge is 2.26. The normalized spacial score (nSPS) is 12.6. The van der Waals surface area contributed by atoms with Gasteiger partial charge in [0.25, 0.3) is 5.91 Å². The van der Waals surface area contributed by atoms with Crippen molar-refractivity contribution >= 4 is 34.2 Å². The van der Waals surface area contributed by atoms with Gasteiger partial charge < -0.3 is 10.6 Å². The van der Waals surface area contributed by atoms with Crippen LogP contribution in [0.1, 0.15) is 41.5 Å². The van der Waals surface area contributed by atoms with E-state index in [0.29, 0.717) is 12.2 Å². The molecule has 2 N–H and O–H groups in total. The van der Waals surface area contributed by atoms with E-state index < -0.39 is 0 Å². The summed E-state index contributed by atoms with van der Waals surface area (Å²) in [5.74, 6) is -0.0693. The number of amides is 1. The maximum atomic E-state index is 12.5. The average Bonchev–Trinajstić information content (AvgIpc) is 3.16. The van der Waals surface area contributed by atoms with Crippen molar-refractivity contribution in [1.82, 2.24) is 20.4 Å². The zero-order valence-electron chi connectivity index (χ0n) is 14.3. The number of nitrogens with one attached hydrogen (secondary N) is 2. The highest BCUT2D eigenvalue weighted by molar-refractivity contribution is 9.10. The molecule has 0 radical (unpaired) electrons. The lowest BCUT2D eigenvalue weighted by Gasteiger charge is -2.06. The standard InChI is InChI=1S/C18H23BrN4O.ClH/c1-2-9-20-10-11-21-18(24)17-15-7-4-8-16(15)23(22-17)14-6-3-5-13(19)12-14;/h3,5-6,12,20H,2,4,7-11H2,1H3,(H,21,24);1H. The first-order valence-electron chi connectivity index (χ1n) is 8.56. The van der Waals surface area contributed by atoms with Crippen LogP contribution in [0.4, 0.5) is 0 Å². The number of rotatable bonds is 7. The number of halogens is 2. The van der Waals surface area contributed by atoms with Crippen molar-refractivity contribution in [3.63, 3.8) is 0 Å². The van der Waals surface area contributed by atoms with Crippen LogP contribution in [0, 0.1) is 0 Å². The van der Waals surface area contributed by atoms with Crippen LogP contribution in [-0.4, -0.2) is 35.3 Å². The van der Waals surface area contributed by atoms with E-state index >= 15 is 0 Å². The second-order valence-electron chi connectivity index (χ2n) is 6.02. The van der Waals surface area contributed by atoms with Crippen LogP contribution in [-0.2, 0) is 12.8 Å². The summed E-state index contributed by atoms with van der Waals surface area (Å²) in [6.07, 6.45) is 4.08. The summed E-state index contributed by atoms with van der Waals surface area (Å²) < 4.78 is 2.94. The molecule has 0 saturated carbocycles. The van der Waals surface area contributed by atoms with Crippen molar-refractivity contribution in [2.45, 2.75) is 32.6 Å². The lowest BCUT2D eigenvalue weighted by atomic mass is 10.2. The van der Waals surface area contributed by atoms with E-state index in [-0.39, 0.29) is 18.3 Å². The topological polar surface area (TPSA) is 58.9 Å². The van der Waals surface area contributed by atoms with Gasteiger partial charge in [-0.05, 0) is 50.4 Å². The first kappa shape index (κ1) is 19.9. The van der Waals surface area contributed by atoms with Crippen molar-refractivity contribution in [3.05, 3.63) is 45.7 Å². The maximum Gasteiger partial charge on any atom is 0.272 e. The molecule has 3 rings (SSSR count). The van der Waals surface area contributed by atoms with Gasteiger partial charge in [-0.15, -0.1) is 12.4 Å². The number of carbonyl (C=O) groups excluding carboxylic acids is 1. The Bertz CT molecular complexity index is 732. The minimum absolute atomic E-state index is 0. The Labute approximate surface area is 163 Å². The molecule has 0 unspecified atom stereocenters. The molecular formula is C18H24BrClN4O. The minimum atomic E-state index is -0.0693. The number of aromatic nitrogens is 2. The quantitative estimate of drug-likeness (QED) is 0.667. The summed E-state index contributed by atoms with van der Waals surface area (Å²) in [6, 6.07) is 8.03. The Kier molecular flexibility index (Phi) is 7.47. The van der Waals surface area contributed by atoms with Crippen molar-refractivity contribution in [2.24, 2.45) is 0 Å². The Morgan fingerprint density at radius 2 is 2.12 bits per heavy atom. The van der Waals surface area contributed by atoms with Gasteiger partial charge in [0.2, 0.25) is 0 Å². The number of hydrogen-bond acceptors (Lipinski definition) is 3. The zero-order valence-corrected chi connectivity index (χ0v) is 16.8. The van der Waals surface area contributed by atoms with Gasteiger partial charge in [0.1, 0.15) is 0 Å². The van der Waals surface area contributed by atoms with Gasteiger partial charge in [0.05, 0.1) is 5.69 Å². The van der Waals surface area contributed by atoms with Gasteiger partial charge in [-0.2, -0.15) is 5.10 Å². The molecular weight excluding hydrogens is 404 g/mol. The molecule has 1 aliphatic rings. The molecule has 0 fully saturated rings. The van der Waals surface area contributed by atoms with Crippen LogP contribution >= 0.6 is 28.3 Å². The first-order valence-corrected chi connectivity index (χ1v) is 9.35. The van der Waals surface area contributed by atoms with Crippen LogP contribution < -0.4 is 10.6 Å². The second kappa shape index (κ2) is 9.36. The van der Waals surface area contributed by atoms with Crippen LogP contribution in [0.2, 0.25) is 0 Å². The first-order chi connectivity index (χ1) is 11.7. The molecule has 1 heterocycles. The van der Waals surface area contributed by atoms with E-state index in [1.54, 1.807) is 0 Å². The third-order valence-electron chi connectivity index (χ3n) is 4.21. The molecule has 1 aromatic carbocycles. The van der Waals surface area contributed by atoms with Gasteiger partial charge in [-0.3, -0.25) is 4.79 Å². The van der Waals surface area contributed by atoms with Crippen molar-refractivity contribution < 1.29 is 4.79 Å². The van der Waals surface area contributed by atoms with Crippen LogP contribution in [0.25, 0.3) is 5.69 Å². The molecule has 0 aliphatic heterocycles. The molecule has 7 heteroatoms. The smallest absolute Gasteiger partial charge is 0.272 e. The summed E-state index contributed by atoms with van der Waals surface area (Å²) in [7, 11) is 0. The summed E-state index contributed by atoms with van der Waals surface area (Å²) in [4.78, 5) is 12.5. The number of benzene rings is 1. The van der Waals surface area contributed by atoms with E-state index in [0.717, 1.165) is 54.5 Å². The summed E-state index contributed by atoms with van der Waals surface area (Å²) in [5.41, 5.74) is 3.85. The van der Waals surface area contributed by atoms with E-state index in [1.807, 2.05) is 28.9 Å². The molecule has 1 aliphatic carbocycles. The Morgan fingerprint density at radius 1 is 1.28 bits per heavy atom. The highest BCUT2D eigenvalue weighted by atomic mass is 79.9. The van der Waals surface area contributed by atoms with E-state index in [9.17, 15) is 4.79 Å². The lowest BCUT2D eigenvalue weighted by Crippen LogP contribution is -2.32. The molecule has 25 heavy (non-hydrogen) atoms. The third-order valence-corrected chi connectivity index (χ3v) is 4.71. The van der Waals surface area contributed by atoms with Crippen molar-refractivity contribution in [2.75, 3.05) is 19.6 Å². The molecule has 0 bridgehead atoms. The Balaban J connectivity index is 0.00000225. The predicted molar refractivity (Wildman–Crippen MR) is 106 cm³/mol. The van der Waals surface area contributed by atoms with Gasteiger partial charge in [0.15, 0.2) is 5.69 Å². The molecule has 136 valence electrons. The lowest BCUT2D eigenvalue weighted by molar-refractivity contribution is 0.0947. The third kappa shape index (κ3) is 4.63. The zero-order chi connectivity index (χ0) is 16.9. The summed E-state index contributed by atoms with van der Waals surface area (Å²) in [5, 5.41) is 10.9. The molecule has 0 spiro atoms.